The molecule has 2 aliphatic rings. The zero-order valence-electron chi connectivity index (χ0n) is 12.3. The first-order chi connectivity index (χ1) is 9.62. The highest BCUT2D eigenvalue weighted by Crippen LogP contribution is 2.41. The van der Waals surface area contributed by atoms with Crippen molar-refractivity contribution in [2.75, 3.05) is 24.6 Å². The van der Waals surface area contributed by atoms with Crippen LogP contribution in [0.1, 0.15) is 32.3 Å². The van der Waals surface area contributed by atoms with Crippen molar-refractivity contribution in [3.05, 3.63) is 29.8 Å². The molecule has 2 saturated heterocycles. The summed E-state index contributed by atoms with van der Waals surface area (Å²) in [5.74, 6) is 1.41. The molecule has 0 aromatic heterocycles. The van der Waals surface area contributed by atoms with E-state index in [1.807, 2.05) is 24.3 Å². The average Bonchev–Trinajstić information content (AvgIpc) is 3.07. The third-order valence-corrected chi connectivity index (χ3v) is 4.86. The minimum atomic E-state index is 0.0723. The number of rotatable bonds is 2. The maximum Gasteiger partial charge on any atom is 0.0991 e. The highest BCUT2D eigenvalue weighted by Gasteiger charge is 2.46. The molecule has 2 heterocycles. The Labute approximate surface area is 121 Å². The van der Waals surface area contributed by atoms with Crippen molar-refractivity contribution in [2.45, 2.75) is 32.3 Å². The molecule has 1 spiro atoms. The first kappa shape index (κ1) is 13.5. The van der Waals surface area contributed by atoms with E-state index in [1.54, 1.807) is 0 Å². The predicted octanol–water partition coefficient (Wildman–Crippen LogP) is 3.20. The van der Waals surface area contributed by atoms with Crippen LogP contribution in [0, 0.1) is 23.2 Å². The molecule has 0 aliphatic carbocycles. The molecule has 0 bridgehead atoms. The topological polar surface area (TPSA) is 36.3 Å². The summed E-state index contributed by atoms with van der Waals surface area (Å²) in [5, 5.41) is 8.86. The zero-order valence-corrected chi connectivity index (χ0v) is 12.3. The maximum atomic E-state index is 8.86. The van der Waals surface area contributed by atoms with Gasteiger partial charge in [0.1, 0.15) is 0 Å². The lowest BCUT2D eigenvalue weighted by Crippen LogP contribution is -2.32. The van der Waals surface area contributed by atoms with Gasteiger partial charge in [-0.1, -0.05) is 13.8 Å². The van der Waals surface area contributed by atoms with Crippen molar-refractivity contribution in [3.63, 3.8) is 0 Å². The standard InChI is InChI=1S/C17H22N2O/c1-13(2)15-9-17(20-11-15)7-8-19(12-17)16-5-3-14(10-18)4-6-16/h3-6,13,15H,7-9,11-12H2,1-2H3/t15-,17+/m1/s1. The van der Waals surface area contributed by atoms with Crippen molar-refractivity contribution in [3.8, 4) is 6.07 Å². The molecular formula is C17H22N2O. The molecule has 1 aromatic carbocycles. The van der Waals surface area contributed by atoms with Crippen LogP contribution in [0.15, 0.2) is 24.3 Å². The lowest BCUT2D eigenvalue weighted by atomic mass is 9.87. The largest absolute Gasteiger partial charge is 0.373 e. The second-order valence-electron chi connectivity index (χ2n) is 6.53. The maximum absolute atomic E-state index is 8.86. The van der Waals surface area contributed by atoms with Crippen LogP contribution >= 0.6 is 0 Å². The third-order valence-electron chi connectivity index (χ3n) is 4.86. The van der Waals surface area contributed by atoms with Crippen molar-refractivity contribution in [1.29, 1.82) is 5.26 Å². The number of nitrogens with zero attached hydrogens (tertiary/aromatic N) is 2. The summed E-state index contributed by atoms with van der Waals surface area (Å²) in [7, 11) is 0. The molecule has 3 heteroatoms. The lowest BCUT2D eigenvalue weighted by molar-refractivity contribution is 0.0212. The molecule has 3 nitrogen and oxygen atoms in total. The molecule has 0 saturated carbocycles. The van der Waals surface area contributed by atoms with Gasteiger partial charge >= 0.3 is 0 Å². The van der Waals surface area contributed by atoms with E-state index < -0.39 is 0 Å². The summed E-state index contributed by atoms with van der Waals surface area (Å²) < 4.78 is 6.18. The summed E-state index contributed by atoms with van der Waals surface area (Å²) in [5.41, 5.74) is 2.00. The number of nitriles is 1. The molecule has 0 unspecified atom stereocenters. The summed E-state index contributed by atoms with van der Waals surface area (Å²) in [6.45, 7) is 7.54. The lowest BCUT2D eigenvalue weighted by Gasteiger charge is -2.25. The molecule has 1 aromatic rings. The normalized spacial score (nSPS) is 29.3. The fraction of sp³-hybridized carbons (Fsp3) is 0.588. The molecule has 0 amide bonds. The molecule has 0 N–H and O–H groups in total. The van der Waals surface area contributed by atoms with Gasteiger partial charge in [-0.05, 0) is 48.9 Å². The average molecular weight is 270 g/mol. The van der Waals surface area contributed by atoms with E-state index >= 15 is 0 Å². The Morgan fingerprint density at radius 1 is 1.35 bits per heavy atom. The number of anilines is 1. The van der Waals surface area contributed by atoms with Crippen LogP contribution < -0.4 is 4.90 Å². The van der Waals surface area contributed by atoms with Gasteiger partial charge in [0.15, 0.2) is 0 Å². The summed E-state index contributed by atoms with van der Waals surface area (Å²) in [6, 6.07) is 10.1. The number of benzene rings is 1. The van der Waals surface area contributed by atoms with Gasteiger partial charge in [0.2, 0.25) is 0 Å². The Balaban J connectivity index is 1.69. The van der Waals surface area contributed by atoms with Gasteiger partial charge in [0.25, 0.3) is 0 Å². The first-order valence-electron chi connectivity index (χ1n) is 7.51. The molecule has 2 atom stereocenters. The molecule has 0 radical (unpaired) electrons. The van der Waals surface area contributed by atoms with E-state index in [2.05, 4.69) is 24.8 Å². The van der Waals surface area contributed by atoms with Crippen molar-refractivity contribution in [1.82, 2.24) is 0 Å². The van der Waals surface area contributed by atoms with Gasteiger partial charge in [-0.15, -0.1) is 0 Å². The van der Waals surface area contributed by atoms with Crippen LogP contribution in [-0.2, 0) is 4.74 Å². The summed E-state index contributed by atoms with van der Waals surface area (Å²) in [6.07, 6.45) is 2.31. The second-order valence-corrected chi connectivity index (χ2v) is 6.53. The van der Waals surface area contributed by atoms with Gasteiger partial charge in [-0.3, -0.25) is 0 Å². The quantitative estimate of drug-likeness (QED) is 0.828. The van der Waals surface area contributed by atoms with E-state index in [0.717, 1.165) is 31.7 Å². The van der Waals surface area contributed by atoms with Gasteiger partial charge in [0, 0.05) is 18.8 Å². The van der Waals surface area contributed by atoms with Gasteiger partial charge < -0.3 is 9.64 Å². The van der Waals surface area contributed by atoms with Crippen LogP contribution in [0.3, 0.4) is 0 Å². The van der Waals surface area contributed by atoms with E-state index in [9.17, 15) is 0 Å². The molecule has 106 valence electrons. The monoisotopic (exact) mass is 270 g/mol. The van der Waals surface area contributed by atoms with E-state index in [1.165, 1.54) is 12.1 Å². The molecule has 2 aliphatic heterocycles. The van der Waals surface area contributed by atoms with Crippen molar-refractivity contribution in [2.24, 2.45) is 11.8 Å². The third kappa shape index (κ3) is 2.41. The van der Waals surface area contributed by atoms with E-state index in [0.29, 0.717) is 11.8 Å². The SMILES string of the molecule is CC(C)[C@H]1CO[C@@]2(CCN(c3ccc(C#N)cc3)C2)C1. The van der Waals surface area contributed by atoms with Gasteiger partial charge in [-0.2, -0.15) is 5.26 Å². The fourth-order valence-electron chi connectivity index (χ4n) is 3.40. The highest BCUT2D eigenvalue weighted by atomic mass is 16.5. The minimum Gasteiger partial charge on any atom is -0.373 e. The van der Waals surface area contributed by atoms with Crippen molar-refractivity contribution >= 4 is 5.69 Å². The minimum absolute atomic E-state index is 0.0723. The summed E-state index contributed by atoms with van der Waals surface area (Å²) >= 11 is 0. The van der Waals surface area contributed by atoms with Gasteiger partial charge in [0.05, 0.1) is 23.8 Å². The summed E-state index contributed by atoms with van der Waals surface area (Å²) in [4.78, 5) is 2.39. The molecule has 20 heavy (non-hydrogen) atoms. The second kappa shape index (κ2) is 5.10. The van der Waals surface area contributed by atoms with E-state index in [4.69, 9.17) is 10.00 Å². The van der Waals surface area contributed by atoms with Crippen molar-refractivity contribution < 1.29 is 4.74 Å². The molecule has 2 fully saturated rings. The predicted molar refractivity (Wildman–Crippen MR) is 79.6 cm³/mol. The fourth-order valence-corrected chi connectivity index (χ4v) is 3.40. The highest BCUT2D eigenvalue weighted by molar-refractivity contribution is 5.51. The first-order valence-corrected chi connectivity index (χ1v) is 7.51. The number of hydrogen-bond acceptors (Lipinski definition) is 3. The van der Waals surface area contributed by atoms with Crippen LogP contribution in [0.5, 0.6) is 0 Å². The smallest absolute Gasteiger partial charge is 0.0991 e. The van der Waals surface area contributed by atoms with E-state index in [-0.39, 0.29) is 5.60 Å². The Morgan fingerprint density at radius 3 is 2.70 bits per heavy atom. The Kier molecular flexibility index (Phi) is 3.43. The number of ether oxygens (including phenoxy) is 1. The molecule has 3 rings (SSSR count). The Morgan fingerprint density at radius 2 is 2.10 bits per heavy atom. The Hall–Kier alpha value is -1.53. The zero-order chi connectivity index (χ0) is 14.2. The van der Waals surface area contributed by atoms with Crippen LogP contribution in [0.4, 0.5) is 5.69 Å². The Bertz CT molecular complexity index is 517. The molecular weight excluding hydrogens is 248 g/mol. The van der Waals surface area contributed by atoms with Gasteiger partial charge in [-0.25, -0.2) is 0 Å². The number of hydrogen-bond donors (Lipinski definition) is 0. The van der Waals surface area contributed by atoms with Crippen LogP contribution in [0.25, 0.3) is 0 Å². The van der Waals surface area contributed by atoms with Crippen LogP contribution in [-0.4, -0.2) is 25.3 Å². The van der Waals surface area contributed by atoms with Crippen LogP contribution in [0.2, 0.25) is 0 Å².